The van der Waals surface area contributed by atoms with E-state index in [1.54, 1.807) is 30.4 Å². The molecule has 1 aliphatic heterocycles. The summed E-state index contributed by atoms with van der Waals surface area (Å²) < 4.78 is 26.3. The topological polar surface area (TPSA) is 66.5 Å². The second kappa shape index (κ2) is 6.43. The van der Waals surface area contributed by atoms with Gasteiger partial charge in [-0.25, -0.2) is 13.1 Å². The Morgan fingerprint density at radius 1 is 1.26 bits per heavy atom. The van der Waals surface area contributed by atoms with Gasteiger partial charge in [-0.15, -0.1) is 11.3 Å². The van der Waals surface area contributed by atoms with Gasteiger partial charge in [0.05, 0.1) is 4.90 Å². The highest BCUT2D eigenvalue weighted by Crippen LogP contribution is 2.25. The third-order valence-corrected chi connectivity index (χ3v) is 6.43. The van der Waals surface area contributed by atoms with Crippen LogP contribution in [0.4, 0.5) is 0 Å². The molecule has 1 aromatic carbocycles. The molecule has 1 aromatic heterocycles. The van der Waals surface area contributed by atoms with Crippen molar-refractivity contribution in [3.05, 3.63) is 51.7 Å². The Kier molecular flexibility index (Phi) is 4.52. The van der Waals surface area contributed by atoms with Gasteiger partial charge in [0.25, 0.3) is 5.91 Å². The highest BCUT2D eigenvalue weighted by Gasteiger charge is 2.23. The summed E-state index contributed by atoms with van der Waals surface area (Å²) in [6.45, 7) is 3.38. The molecule has 1 amide bonds. The van der Waals surface area contributed by atoms with E-state index in [0.717, 1.165) is 6.42 Å². The molecule has 7 heteroatoms. The van der Waals surface area contributed by atoms with Gasteiger partial charge in [0.1, 0.15) is 0 Å². The van der Waals surface area contributed by atoms with Crippen molar-refractivity contribution in [1.82, 2.24) is 9.62 Å². The van der Waals surface area contributed by atoms with Crippen molar-refractivity contribution in [1.29, 1.82) is 0 Å². The molecule has 0 bridgehead atoms. The second-order valence-corrected chi connectivity index (χ2v) is 8.14. The minimum Gasteiger partial charge on any atom is -0.334 e. The maximum atomic E-state index is 12.6. The van der Waals surface area contributed by atoms with Crippen LogP contribution in [0.15, 0.2) is 40.6 Å². The number of hydrogen-bond acceptors (Lipinski definition) is 4. The molecule has 2 heterocycles. The summed E-state index contributed by atoms with van der Waals surface area (Å²) in [5.41, 5.74) is 1.72. The zero-order chi connectivity index (χ0) is 16.4. The van der Waals surface area contributed by atoms with Crippen molar-refractivity contribution >= 4 is 27.3 Å². The summed E-state index contributed by atoms with van der Waals surface area (Å²) in [5.74, 6) is -0.0609. The van der Waals surface area contributed by atoms with Crippen LogP contribution in [0, 0.1) is 0 Å². The Hall–Kier alpha value is -1.70. The fraction of sp³-hybridized carbons (Fsp3) is 0.312. The van der Waals surface area contributed by atoms with Gasteiger partial charge in [-0.2, -0.15) is 0 Å². The summed E-state index contributed by atoms with van der Waals surface area (Å²) in [7, 11) is -3.48. The van der Waals surface area contributed by atoms with Gasteiger partial charge in [-0.1, -0.05) is 6.92 Å². The highest BCUT2D eigenvalue weighted by atomic mass is 32.2. The SMILES string of the molecule is CCNS(=O)(=O)c1ccc(C(=O)N2CCc3sccc3C2)cc1. The van der Waals surface area contributed by atoms with Gasteiger partial charge >= 0.3 is 0 Å². The van der Waals surface area contributed by atoms with E-state index in [-0.39, 0.29) is 10.8 Å². The van der Waals surface area contributed by atoms with Gasteiger partial charge in [0, 0.05) is 30.1 Å². The highest BCUT2D eigenvalue weighted by molar-refractivity contribution is 7.89. The van der Waals surface area contributed by atoms with Crippen LogP contribution in [-0.4, -0.2) is 32.3 Å². The Bertz CT molecular complexity index is 810. The Morgan fingerprint density at radius 3 is 2.70 bits per heavy atom. The maximum Gasteiger partial charge on any atom is 0.254 e. The zero-order valence-corrected chi connectivity index (χ0v) is 14.4. The number of amides is 1. The molecule has 0 aliphatic carbocycles. The first-order chi connectivity index (χ1) is 11.0. The first-order valence-corrected chi connectivity index (χ1v) is 9.82. The van der Waals surface area contributed by atoms with Crippen LogP contribution in [0.25, 0.3) is 0 Å². The summed E-state index contributed by atoms with van der Waals surface area (Å²) >= 11 is 1.73. The van der Waals surface area contributed by atoms with Crippen molar-refractivity contribution < 1.29 is 13.2 Å². The van der Waals surface area contributed by atoms with Crippen molar-refractivity contribution in [2.75, 3.05) is 13.1 Å². The molecule has 1 N–H and O–H groups in total. The second-order valence-electron chi connectivity index (χ2n) is 5.37. The summed E-state index contributed by atoms with van der Waals surface area (Å²) in [6.07, 6.45) is 0.881. The predicted octanol–water partition coefficient (Wildman–Crippen LogP) is 2.24. The summed E-state index contributed by atoms with van der Waals surface area (Å²) in [4.78, 5) is 15.9. The van der Waals surface area contributed by atoms with Crippen molar-refractivity contribution in [2.24, 2.45) is 0 Å². The average Bonchev–Trinajstić information content (AvgIpc) is 3.02. The molecule has 5 nitrogen and oxygen atoms in total. The van der Waals surface area contributed by atoms with Gasteiger partial charge in [0.2, 0.25) is 10.0 Å². The first kappa shape index (κ1) is 16.2. The Labute approximate surface area is 140 Å². The number of sulfonamides is 1. The number of hydrogen-bond donors (Lipinski definition) is 1. The van der Waals surface area contributed by atoms with Crippen LogP contribution in [0.1, 0.15) is 27.7 Å². The lowest BCUT2D eigenvalue weighted by atomic mass is 10.1. The molecule has 0 atom stereocenters. The van der Waals surface area contributed by atoms with Crippen LogP contribution in [0.2, 0.25) is 0 Å². The molecule has 0 saturated carbocycles. The zero-order valence-electron chi connectivity index (χ0n) is 12.8. The van der Waals surface area contributed by atoms with Crippen LogP contribution >= 0.6 is 11.3 Å². The third-order valence-electron chi connectivity index (χ3n) is 3.84. The Balaban J connectivity index is 1.76. The van der Waals surface area contributed by atoms with E-state index in [2.05, 4.69) is 16.2 Å². The molecular weight excluding hydrogens is 332 g/mol. The van der Waals surface area contributed by atoms with Gasteiger partial charge in [-0.05, 0) is 47.7 Å². The van der Waals surface area contributed by atoms with Crippen molar-refractivity contribution in [3.8, 4) is 0 Å². The molecule has 0 radical (unpaired) electrons. The maximum absolute atomic E-state index is 12.6. The molecule has 122 valence electrons. The van der Waals surface area contributed by atoms with Crippen molar-refractivity contribution in [3.63, 3.8) is 0 Å². The minimum atomic E-state index is -3.48. The number of rotatable bonds is 4. The smallest absolute Gasteiger partial charge is 0.254 e. The number of thiophene rings is 1. The predicted molar refractivity (Wildman–Crippen MR) is 90.1 cm³/mol. The first-order valence-electron chi connectivity index (χ1n) is 7.45. The molecular formula is C16H18N2O3S2. The monoisotopic (exact) mass is 350 g/mol. The molecule has 2 aromatic rings. The average molecular weight is 350 g/mol. The van der Waals surface area contributed by atoms with Gasteiger partial charge in [0.15, 0.2) is 0 Å². The van der Waals surface area contributed by atoms with Gasteiger partial charge < -0.3 is 4.90 Å². The fourth-order valence-electron chi connectivity index (χ4n) is 2.65. The molecule has 1 aliphatic rings. The van der Waals surface area contributed by atoms with E-state index >= 15 is 0 Å². The van der Waals surface area contributed by atoms with Crippen LogP contribution in [-0.2, 0) is 23.0 Å². The Morgan fingerprint density at radius 2 is 2.00 bits per heavy atom. The lowest BCUT2D eigenvalue weighted by molar-refractivity contribution is 0.0736. The molecule has 3 rings (SSSR count). The number of benzene rings is 1. The quantitative estimate of drug-likeness (QED) is 0.920. The largest absolute Gasteiger partial charge is 0.334 e. The number of carbonyl (C=O) groups is 1. The van der Waals surface area contributed by atoms with E-state index in [4.69, 9.17) is 0 Å². The van der Waals surface area contributed by atoms with Crippen LogP contribution in [0.5, 0.6) is 0 Å². The van der Waals surface area contributed by atoms with Crippen LogP contribution in [0.3, 0.4) is 0 Å². The summed E-state index contributed by atoms with van der Waals surface area (Å²) in [5, 5.41) is 2.05. The van der Waals surface area contributed by atoms with Crippen LogP contribution < -0.4 is 4.72 Å². The standard InChI is InChI=1S/C16H18N2O3S2/c1-2-17-23(20,21)14-5-3-12(4-6-14)16(19)18-9-7-15-13(11-18)8-10-22-15/h3-6,8,10,17H,2,7,9,11H2,1H3. The normalized spacial score (nSPS) is 14.6. The number of nitrogens with one attached hydrogen (secondary N) is 1. The molecule has 0 spiro atoms. The molecule has 0 fully saturated rings. The lowest BCUT2D eigenvalue weighted by Crippen LogP contribution is -2.35. The molecule has 0 saturated heterocycles. The lowest BCUT2D eigenvalue weighted by Gasteiger charge is -2.27. The van der Waals surface area contributed by atoms with E-state index in [0.29, 0.717) is 25.2 Å². The fourth-order valence-corrected chi connectivity index (χ4v) is 4.59. The minimum absolute atomic E-state index is 0.0609. The van der Waals surface area contributed by atoms with Gasteiger partial charge in [-0.3, -0.25) is 4.79 Å². The molecule has 0 unspecified atom stereocenters. The number of carbonyl (C=O) groups excluding carboxylic acids is 1. The molecule has 23 heavy (non-hydrogen) atoms. The van der Waals surface area contributed by atoms with E-state index < -0.39 is 10.0 Å². The summed E-state index contributed by atoms with van der Waals surface area (Å²) in [6, 6.07) is 8.17. The van der Waals surface area contributed by atoms with E-state index in [1.165, 1.54) is 22.6 Å². The number of nitrogens with zero attached hydrogens (tertiary/aromatic N) is 1. The third kappa shape index (κ3) is 3.31. The van der Waals surface area contributed by atoms with E-state index in [1.807, 2.05) is 4.90 Å². The van der Waals surface area contributed by atoms with E-state index in [9.17, 15) is 13.2 Å². The van der Waals surface area contributed by atoms with Crippen molar-refractivity contribution in [2.45, 2.75) is 24.8 Å². The number of fused-ring (bicyclic) bond motifs is 1.